The Morgan fingerprint density at radius 3 is 2.56 bits per heavy atom. The van der Waals surface area contributed by atoms with Crippen LogP contribution in [0.25, 0.3) is 0 Å². The van der Waals surface area contributed by atoms with E-state index in [9.17, 15) is 0 Å². The molecule has 0 saturated carbocycles. The zero-order chi connectivity index (χ0) is 12.8. The number of nitrogens with one attached hydrogen (secondary N) is 1. The van der Waals surface area contributed by atoms with Crippen molar-refractivity contribution in [3.8, 4) is 0 Å². The third-order valence-electron chi connectivity index (χ3n) is 3.20. The second kappa shape index (κ2) is 6.38. The van der Waals surface area contributed by atoms with Crippen LogP contribution in [0, 0.1) is 6.92 Å². The second-order valence-electron chi connectivity index (χ2n) is 4.72. The van der Waals surface area contributed by atoms with Gasteiger partial charge in [0.25, 0.3) is 0 Å². The molecule has 0 amide bonds. The normalized spacial score (nSPS) is 12.6. The van der Waals surface area contributed by atoms with Crippen LogP contribution >= 0.6 is 0 Å². The summed E-state index contributed by atoms with van der Waals surface area (Å²) < 4.78 is 5.07. The van der Waals surface area contributed by atoms with Gasteiger partial charge in [-0.25, -0.2) is 0 Å². The minimum absolute atomic E-state index is 0.281. The van der Waals surface area contributed by atoms with E-state index >= 15 is 0 Å². The van der Waals surface area contributed by atoms with Gasteiger partial charge >= 0.3 is 0 Å². The van der Waals surface area contributed by atoms with Crippen molar-refractivity contribution >= 4 is 0 Å². The number of hydrogen-bond donors (Lipinski definition) is 2. The van der Waals surface area contributed by atoms with Gasteiger partial charge in [-0.15, -0.1) is 0 Å². The Balaban J connectivity index is 1.85. The number of benzene rings is 1. The van der Waals surface area contributed by atoms with Gasteiger partial charge in [-0.05, 0) is 43.4 Å². The van der Waals surface area contributed by atoms with Crippen LogP contribution in [0.4, 0.5) is 0 Å². The molecule has 0 bridgehead atoms. The van der Waals surface area contributed by atoms with Crippen molar-refractivity contribution in [1.82, 2.24) is 5.43 Å². The van der Waals surface area contributed by atoms with E-state index in [2.05, 4.69) is 36.6 Å². The molecule has 2 aromatic rings. The first-order chi connectivity index (χ1) is 8.78. The average molecular weight is 244 g/mol. The van der Waals surface area contributed by atoms with Crippen LogP contribution in [0.15, 0.2) is 47.3 Å². The predicted octanol–water partition coefficient (Wildman–Crippen LogP) is 2.60. The molecule has 3 nitrogen and oxygen atoms in total. The Hall–Kier alpha value is -1.58. The Kier molecular flexibility index (Phi) is 4.56. The average Bonchev–Trinajstić information content (AvgIpc) is 2.89. The van der Waals surface area contributed by atoms with E-state index in [1.807, 2.05) is 6.07 Å². The molecule has 96 valence electrons. The van der Waals surface area contributed by atoms with E-state index in [0.717, 1.165) is 19.3 Å². The highest BCUT2D eigenvalue weighted by Gasteiger charge is 2.08. The summed E-state index contributed by atoms with van der Waals surface area (Å²) in [5.41, 5.74) is 6.71. The van der Waals surface area contributed by atoms with E-state index in [1.54, 1.807) is 12.5 Å². The van der Waals surface area contributed by atoms with Crippen LogP contribution in [-0.2, 0) is 12.8 Å². The summed E-state index contributed by atoms with van der Waals surface area (Å²) in [5, 5.41) is 0. The number of aryl methyl sites for hydroxylation is 2. The molecule has 0 fully saturated rings. The minimum Gasteiger partial charge on any atom is -0.472 e. The molecule has 0 aliphatic heterocycles. The monoisotopic (exact) mass is 244 g/mol. The summed E-state index contributed by atoms with van der Waals surface area (Å²) in [6.07, 6.45) is 6.43. The lowest BCUT2D eigenvalue weighted by Gasteiger charge is -2.14. The van der Waals surface area contributed by atoms with E-state index in [0.29, 0.717) is 0 Å². The van der Waals surface area contributed by atoms with Gasteiger partial charge in [0.15, 0.2) is 0 Å². The highest BCUT2D eigenvalue weighted by Crippen LogP contribution is 2.11. The first-order valence-electron chi connectivity index (χ1n) is 6.30. The second-order valence-corrected chi connectivity index (χ2v) is 4.72. The topological polar surface area (TPSA) is 51.2 Å². The third kappa shape index (κ3) is 3.72. The van der Waals surface area contributed by atoms with E-state index < -0.39 is 0 Å². The molecule has 1 aromatic carbocycles. The SMILES string of the molecule is Cc1ccc(CCC(Cc2ccoc2)NN)cc1. The molecule has 0 saturated heterocycles. The van der Waals surface area contributed by atoms with Crippen LogP contribution < -0.4 is 11.3 Å². The first-order valence-corrected chi connectivity index (χ1v) is 6.30. The fourth-order valence-corrected chi connectivity index (χ4v) is 2.03. The fraction of sp³-hybridized carbons (Fsp3) is 0.333. The maximum absolute atomic E-state index is 5.60. The molecule has 0 aliphatic carbocycles. The standard InChI is InChI=1S/C15H20N2O/c1-12-2-4-13(5-3-12)6-7-15(17-16)10-14-8-9-18-11-14/h2-5,8-9,11,15,17H,6-7,10,16H2,1H3. The summed E-state index contributed by atoms with van der Waals surface area (Å²) >= 11 is 0. The van der Waals surface area contributed by atoms with Crippen molar-refractivity contribution < 1.29 is 4.42 Å². The lowest BCUT2D eigenvalue weighted by molar-refractivity contribution is 0.487. The summed E-state index contributed by atoms with van der Waals surface area (Å²) in [5.74, 6) is 5.60. The van der Waals surface area contributed by atoms with Gasteiger partial charge in [0.2, 0.25) is 0 Å². The molecule has 1 aromatic heterocycles. The minimum atomic E-state index is 0.281. The molecule has 18 heavy (non-hydrogen) atoms. The molecule has 0 aliphatic rings. The summed E-state index contributed by atoms with van der Waals surface area (Å²) in [6.45, 7) is 2.10. The molecule has 2 rings (SSSR count). The molecule has 0 radical (unpaired) electrons. The highest BCUT2D eigenvalue weighted by atomic mass is 16.3. The first kappa shape index (κ1) is 12.9. The van der Waals surface area contributed by atoms with E-state index in [1.165, 1.54) is 16.7 Å². The molecular weight excluding hydrogens is 224 g/mol. The van der Waals surface area contributed by atoms with Crippen molar-refractivity contribution in [3.05, 3.63) is 59.5 Å². The molecule has 0 spiro atoms. The van der Waals surface area contributed by atoms with Gasteiger partial charge in [0, 0.05) is 6.04 Å². The zero-order valence-corrected chi connectivity index (χ0v) is 10.7. The van der Waals surface area contributed by atoms with E-state index in [4.69, 9.17) is 10.3 Å². The maximum Gasteiger partial charge on any atom is 0.0935 e. The molecule has 1 unspecified atom stereocenters. The van der Waals surface area contributed by atoms with Gasteiger partial charge in [-0.2, -0.15) is 0 Å². The van der Waals surface area contributed by atoms with Crippen LogP contribution in [-0.4, -0.2) is 6.04 Å². The van der Waals surface area contributed by atoms with Crippen LogP contribution in [0.2, 0.25) is 0 Å². The highest BCUT2D eigenvalue weighted by molar-refractivity contribution is 5.21. The Bertz CT molecular complexity index is 448. The summed E-state index contributed by atoms with van der Waals surface area (Å²) in [7, 11) is 0. The Morgan fingerprint density at radius 1 is 1.17 bits per heavy atom. The Labute approximate surface area is 108 Å². The van der Waals surface area contributed by atoms with Gasteiger partial charge in [-0.3, -0.25) is 11.3 Å². The molecule has 1 atom stereocenters. The van der Waals surface area contributed by atoms with Crippen molar-refractivity contribution in [2.24, 2.45) is 5.84 Å². The predicted molar refractivity (Wildman–Crippen MR) is 73.0 cm³/mol. The number of rotatable bonds is 6. The quantitative estimate of drug-likeness (QED) is 0.606. The lowest BCUT2D eigenvalue weighted by Crippen LogP contribution is -2.37. The van der Waals surface area contributed by atoms with Crippen molar-refractivity contribution in [1.29, 1.82) is 0 Å². The van der Waals surface area contributed by atoms with Crippen molar-refractivity contribution in [3.63, 3.8) is 0 Å². The maximum atomic E-state index is 5.60. The number of hydrazine groups is 1. The molecular formula is C15H20N2O. The zero-order valence-electron chi connectivity index (χ0n) is 10.7. The van der Waals surface area contributed by atoms with Crippen LogP contribution in [0.1, 0.15) is 23.1 Å². The largest absolute Gasteiger partial charge is 0.472 e. The summed E-state index contributed by atoms with van der Waals surface area (Å²) in [4.78, 5) is 0. The van der Waals surface area contributed by atoms with Crippen molar-refractivity contribution in [2.45, 2.75) is 32.2 Å². The fourth-order valence-electron chi connectivity index (χ4n) is 2.03. The number of nitrogens with two attached hydrogens (primary N) is 1. The summed E-state index contributed by atoms with van der Waals surface area (Å²) in [6, 6.07) is 10.9. The van der Waals surface area contributed by atoms with Crippen LogP contribution in [0.5, 0.6) is 0 Å². The van der Waals surface area contributed by atoms with Gasteiger partial charge in [0.1, 0.15) is 0 Å². The van der Waals surface area contributed by atoms with Crippen molar-refractivity contribution in [2.75, 3.05) is 0 Å². The van der Waals surface area contributed by atoms with E-state index in [-0.39, 0.29) is 6.04 Å². The molecule has 1 heterocycles. The number of hydrogen-bond acceptors (Lipinski definition) is 3. The van der Waals surface area contributed by atoms with Gasteiger partial charge < -0.3 is 4.42 Å². The van der Waals surface area contributed by atoms with Gasteiger partial charge in [-0.1, -0.05) is 29.8 Å². The molecule has 3 N–H and O–H groups in total. The number of furan rings is 1. The Morgan fingerprint density at radius 2 is 1.94 bits per heavy atom. The van der Waals surface area contributed by atoms with Crippen LogP contribution in [0.3, 0.4) is 0 Å². The lowest BCUT2D eigenvalue weighted by atomic mass is 10.0. The molecule has 3 heteroatoms. The third-order valence-corrected chi connectivity index (χ3v) is 3.20. The van der Waals surface area contributed by atoms with Gasteiger partial charge in [0.05, 0.1) is 12.5 Å². The smallest absolute Gasteiger partial charge is 0.0935 e.